The number of aliphatic hydroxyl groups is 1. The molecule has 0 aromatic carbocycles. The summed E-state index contributed by atoms with van der Waals surface area (Å²) in [4.78, 5) is 10.9. The predicted molar refractivity (Wildman–Crippen MR) is 71.3 cm³/mol. The van der Waals surface area contributed by atoms with Crippen LogP contribution in [0.2, 0.25) is 0 Å². The Bertz CT molecular complexity index is 394. The van der Waals surface area contributed by atoms with E-state index in [1.807, 2.05) is 13.0 Å². The number of hydrazine groups is 1. The smallest absolute Gasteiger partial charge is 0.239 e. The number of anilines is 2. The molecule has 0 atom stereocenters. The molecule has 0 bridgehead atoms. The van der Waals surface area contributed by atoms with E-state index in [1.54, 1.807) is 0 Å². The highest BCUT2D eigenvalue weighted by Gasteiger charge is 2.26. The average molecular weight is 251 g/mol. The van der Waals surface area contributed by atoms with E-state index >= 15 is 0 Å². The second kappa shape index (κ2) is 5.97. The number of nitrogen functional groups attached to an aromatic ring is 1. The molecule has 0 radical (unpaired) electrons. The van der Waals surface area contributed by atoms with Crippen LogP contribution in [0.15, 0.2) is 6.07 Å². The molecule has 0 aliphatic heterocycles. The number of aryl methyl sites for hydroxylation is 1. The van der Waals surface area contributed by atoms with E-state index < -0.39 is 0 Å². The van der Waals surface area contributed by atoms with E-state index in [9.17, 15) is 0 Å². The highest BCUT2D eigenvalue weighted by molar-refractivity contribution is 5.45. The van der Waals surface area contributed by atoms with Gasteiger partial charge in [0.05, 0.1) is 0 Å². The number of nitrogens with zero attached hydrogens (tertiary/aromatic N) is 3. The zero-order valence-corrected chi connectivity index (χ0v) is 10.8. The monoisotopic (exact) mass is 251 g/mol. The highest BCUT2D eigenvalue weighted by Crippen LogP contribution is 2.29. The van der Waals surface area contributed by atoms with Crippen molar-refractivity contribution < 1.29 is 5.11 Å². The Kier molecular flexibility index (Phi) is 4.33. The van der Waals surface area contributed by atoms with Gasteiger partial charge >= 0.3 is 0 Å². The number of aromatic nitrogens is 2. The summed E-state index contributed by atoms with van der Waals surface area (Å²) in [7, 11) is 0. The molecule has 6 nitrogen and oxygen atoms in total. The molecule has 1 fully saturated rings. The summed E-state index contributed by atoms with van der Waals surface area (Å²) in [6, 6.07) is 2.51. The zero-order chi connectivity index (χ0) is 13.0. The van der Waals surface area contributed by atoms with E-state index in [2.05, 4.69) is 20.3 Å². The van der Waals surface area contributed by atoms with Gasteiger partial charge in [-0.25, -0.2) is 10.8 Å². The van der Waals surface area contributed by atoms with Crippen molar-refractivity contribution in [3.63, 3.8) is 0 Å². The molecule has 2 rings (SSSR count). The summed E-state index contributed by atoms with van der Waals surface area (Å²) >= 11 is 0. The summed E-state index contributed by atoms with van der Waals surface area (Å²) in [5.74, 6) is 6.72. The van der Waals surface area contributed by atoms with Crippen LogP contribution < -0.4 is 16.2 Å². The zero-order valence-electron chi connectivity index (χ0n) is 10.8. The Morgan fingerprint density at radius 2 is 2.28 bits per heavy atom. The van der Waals surface area contributed by atoms with Crippen LogP contribution in [0.1, 0.15) is 31.4 Å². The van der Waals surface area contributed by atoms with Crippen LogP contribution in [0.3, 0.4) is 0 Å². The van der Waals surface area contributed by atoms with E-state index in [-0.39, 0.29) is 6.61 Å². The Labute approximate surface area is 107 Å². The van der Waals surface area contributed by atoms with Gasteiger partial charge in [0.2, 0.25) is 5.95 Å². The molecule has 1 saturated carbocycles. The maximum atomic E-state index is 9.00. The molecule has 4 N–H and O–H groups in total. The third-order valence-electron chi connectivity index (χ3n) is 3.34. The quantitative estimate of drug-likeness (QED) is 0.512. The molecular formula is C12H21N5O. The number of nitrogens with one attached hydrogen (secondary N) is 1. The molecule has 1 aromatic rings. The molecule has 1 aliphatic rings. The fraction of sp³-hybridized carbons (Fsp3) is 0.667. The Balaban J connectivity index is 2.19. The van der Waals surface area contributed by atoms with Crippen LogP contribution in [0, 0.1) is 6.92 Å². The average Bonchev–Trinajstić information content (AvgIpc) is 2.31. The highest BCUT2D eigenvalue weighted by atomic mass is 16.3. The van der Waals surface area contributed by atoms with Crippen LogP contribution in [0.5, 0.6) is 0 Å². The number of hydrogen-bond donors (Lipinski definition) is 3. The number of hydrogen-bond acceptors (Lipinski definition) is 6. The molecule has 0 saturated heterocycles. The minimum Gasteiger partial charge on any atom is -0.396 e. The summed E-state index contributed by atoms with van der Waals surface area (Å²) in [5, 5.41) is 9.00. The maximum Gasteiger partial charge on any atom is 0.239 e. The topological polar surface area (TPSA) is 87.3 Å². The molecule has 0 amide bonds. The fourth-order valence-electron chi connectivity index (χ4n) is 2.19. The predicted octanol–water partition coefficient (Wildman–Crippen LogP) is 0.812. The fourth-order valence-corrected chi connectivity index (χ4v) is 2.19. The summed E-state index contributed by atoms with van der Waals surface area (Å²) in [6.45, 7) is 2.95. The van der Waals surface area contributed by atoms with Crippen molar-refractivity contribution in [2.45, 2.75) is 38.6 Å². The molecule has 1 aromatic heterocycles. The second-order valence-corrected chi connectivity index (χ2v) is 4.69. The first-order chi connectivity index (χ1) is 8.74. The largest absolute Gasteiger partial charge is 0.396 e. The molecule has 0 spiro atoms. The van der Waals surface area contributed by atoms with Crippen LogP contribution >= 0.6 is 0 Å². The van der Waals surface area contributed by atoms with Crippen LogP contribution in [-0.4, -0.2) is 34.3 Å². The van der Waals surface area contributed by atoms with Gasteiger partial charge in [-0.1, -0.05) is 0 Å². The van der Waals surface area contributed by atoms with Crippen molar-refractivity contribution in [3.8, 4) is 0 Å². The van der Waals surface area contributed by atoms with Gasteiger partial charge in [0, 0.05) is 31.0 Å². The standard InChI is InChI=1S/C12H21N5O/c1-9-8-11(15-12(14-9)16-13)17(6-3-7-18)10-4-2-5-10/h8,10,18H,2-7,13H2,1H3,(H,14,15,16). The lowest BCUT2D eigenvalue weighted by Gasteiger charge is -2.38. The molecule has 0 unspecified atom stereocenters. The van der Waals surface area contributed by atoms with Gasteiger partial charge in [0.15, 0.2) is 0 Å². The lowest BCUT2D eigenvalue weighted by Crippen LogP contribution is -2.41. The number of aliphatic hydroxyl groups excluding tert-OH is 1. The summed E-state index contributed by atoms with van der Waals surface area (Å²) < 4.78 is 0. The van der Waals surface area contributed by atoms with E-state index in [1.165, 1.54) is 19.3 Å². The van der Waals surface area contributed by atoms with Crippen LogP contribution in [-0.2, 0) is 0 Å². The van der Waals surface area contributed by atoms with Crippen molar-refractivity contribution >= 4 is 11.8 Å². The first kappa shape index (κ1) is 13.0. The number of rotatable bonds is 6. The van der Waals surface area contributed by atoms with E-state index in [4.69, 9.17) is 10.9 Å². The first-order valence-electron chi connectivity index (χ1n) is 6.44. The lowest BCUT2D eigenvalue weighted by molar-refractivity contribution is 0.282. The second-order valence-electron chi connectivity index (χ2n) is 4.69. The molecule has 18 heavy (non-hydrogen) atoms. The SMILES string of the molecule is Cc1cc(N(CCCO)C2CCC2)nc(NN)n1. The van der Waals surface area contributed by atoms with Gasteiger partial charge in [-0.2, -0.15) is 4.98 Å². The van der Waals surface area contributed by atoms with Gasteiger partial charge in [-0.15, -0.1) is 0 Å². The molecule has 100 valence electrons. The van der Waals surface area contributed by atoms with Crippen molar-refractivity contribution in [2.75, 3.05) is 23.5 Å². The van der Waals surface area contributed by atoms with Gasteiger partial charge in [0.25, 0.3) is 0 Å². The normalized spacial score (nSPS) is 15.3. The van der Waals surface area contributed by atoms with Crippen LogP contribution in [0.25, 0.3) is 0 Å². The van der Waals surface area contributed by atoms with Crippen molar-refractivity contribution in [3.05, 3.63) is 11.8 Å². The van der Waals surface area contributed by atoms with Gasteiger partial charge in [-0.05, 0) is 32.6 Å². The van der Waals surface area contributed by atoms with Crippen molar-refractivity contribution in [1.29, 1.82) is 0 Å². The maximum absolute atomic E-state index is 9.00. The molecular weight excluding hydrogens is 230 g/mol. The lowest BCUT2D eigenvalue weighted by atomic mass is 9.91. The Morgan fingerprint density at radius 1 is 1.50 bits per heavy atom. The third-order valence-corrected chi connectivity index (χ3v) is 3.34. The Hall–Kier alpha value is -1.40. The molecule has 1 heterocycles. The van der Waals surface area contributed by atoms with Crippen molar-refractivity contribution in [2.24, 2.45) is 5.84 Å². The van der Waals surface area contributed by atoms with Gasteiger partial charge < -0.3 is 10.0 Å². The minimum atomic E-state index is 0.204. The van der Waals surface area contributed by atoms with Crippen LogP contribution in [0.4, 0.5) is 11.8 Å². The van der Waals surface area contributed by atoms with E-state index in [0.29, 0.717) is 12.0 Å². The minimum absolute atomic E-state index is 0.204. The summed E-state index contributed by atoms with van der Waals surface area (Å²) in [6.07, 6.45) is 4.41. The van der Waals surface area contributed by atoms with Gasteiger partial charge in [0.1, 0.15) is 5.82 Å². The Morgan fingerprint density at radius 3 is 2.83 bits per heavy atom. The van der Waals surface area contributed by atoms with E-state index in [0.717, 1.165) is 24.5 Å². The number of nitrogens with two attached hydrogens (primary N) is 1. The van der Waals surface area contributed by atoms with Gasteiger partial charge in [-0.3, -0.25) is 5.43 Å². The molecule has 6 heteroatoms. The molecule has 1 aliphatic carbocycles. The first-order valence-corrected chi connectivity index (χ1v) is 6.44. The third kappa shape index (κ3) is 2.88. The van der Waals surface area contributed by atoms with Crippen molar-refractivity contribution in [1.82, 2.24) is 9.97 Å². The summed E-state index contributed by atoms with van der Waals surface area (Å²) in [5.41, 5.74) is 3.39.